The van der Waals surface area contributed by atoms with E-state index in [9.17, 15) is 9.59 Å². The van der Waals surface area contributed by atoms with Gasteiger partial charge >= 0.3 is 0 Å². The topological polar surface area (TPSA) is 91.0 Å². The van der Waals surface area contributed by atoms with Gasteiger partial charge in [-0.3, -0.25) is 14.9 Å². The van der Waals surface area contributed by atoms with Gasteiger partial charge in [-0.1, -0.05) is 18.2 Å². The van der Waals surface area contributed by atoms with Gasteiger partial charge in [0.2, 0.25) is 5.95 Å². The van der Waals surface area contributed by atoms with Crippen molar-refractivity contribution < 1.29 is 9.59 Å². The molecule has 1 fully saturated rings. The Labute approximate surface area is 158 Å². The predicted molar refractivity (Wildman–Crippen MR) is 104 cm³/mol. The van der Waals surface area contributed by atoms with Gasteiger partial charge in [0.15, 0.2) is 0 Å². The number of nitrogens with zero attached hydrogens (tertiary/aromatic N) is 3. The fraction of sp³-hybridized carbons (Fsp3) is 0.158. The first-order chi connectivity index (χ1) is 13.2. The highest BCUT2D eigenvalue weighted by molar-refractivity contribution is 8.18. The van der Waals surface area contributed by atoms with Crippen molar-refractivity contribution in [2.75, 3.05) is 11.4 Å². The van der Waals surface area contributed by atoms with Crippen LogP contribution in [0.5, 0.6) is 0 Å². The van der Waals surface area contributed by atoms with Gasteiger partial charge in [-0.25, -0.2) is 9.97 Å². The third-order valence-electron chi connectivity index (χ3n) is 4.75. The molecule has 5 rings (SSSR count). The lowest BCUT2D eigenvalue weighted by Crippen LogP contribution is -2.31. The Morgan fingerprint density at radius 2 is 2.07 bits per heavy atom. The molecule has 134 valence electrons. The van der Waals surface area contributed by atoms with Crippen LogP contribution in [0.3, 0.4) is 0 Å². The maximum Gasteiger partial charge on any atom is 0.290 e. The molecule has 2 N–H and O–H groups in total. The molecule has 2 aliphatic rings. The number of para-hydroxylation sites is 1. The van der Waals surface area contributed by atoms with Crippen molar-refractivity contribution in [3.63, 3.8) is 0 Å². The van der Waals surface area contributed by atoms with Crippen LogP contribution in [0.2, 0.25) is 0 Å². The lowest BCUT2D eigenvalue weighted by molar-refractivity contribution is -0.115. The molecule has 3 aromatic rings. The molecular formula is C19H15N5O2S. The number of anilines is 1. The number of benzene rings is 1. The van der Waals surface area contributed by atoms with E-state index in [1.807, 2.05) is 12.1 Å². The molecule has 0 bridgehead atoms. The number of rotatable bonds is 2. The number of H-pyrrole nitrogens is 1. The molecule has 1 aromatic carbocycles. The second-order valence-electron chi connectivity index (χ2n) is 6.43. The second kappa shape index (κ2) is 6.24. The highest BCUT2D eigenvalue weighted by atomic mass is 32.2. The first kappa shape index (κ1) is 16.1. The smallest absolute Gasteiger partial charge is 0.290 e. The van der Waals surface area contributed by atoms with Crippen LogP contribution >= 0.6 is 11.8 Å². The summed E-state index contributed by atoms with van der Waals surface area (Å²) in [4.78, 5) is 38.0. The Morgan fingerprint density at radius 3 is 2.93 bits per heavy atom. The summed E-state index contributed by atoms with van der Waals surface area (Å²) < 4.78 is 0. The van der Waals surface area contributed by atoms with Crippen LogP contribution in [-0.2, 0) is 17.8 Å². The number of hydrogen-bond acceptors (Lipinski definition) is 6. The number of carbonyl (C=O) groups excluding carboxylic acids is 2. The summed E-state index contributed by atoms with van der Waals surface area (Å²) in [7, 11) is 0. The fourth-order valence-corrected chi connectivity index (χ4v) is 4.15. The van der Waals surface area contributed by atoms with Crippen molar-refractivity contribution in [1.82, 2.24) is 20.3 Å². The summed E-state index contributed by atoms with van der Waals surface area (Å²) in [5, 5.41) is 3.12. The zero-order valence-corrected chi connectivity index (χ0v) is 15.0. The first-order valence-corrected chi connectivity index (χ1v) is 9.40. The molecule has 2 aliphatic heterocycles. The second-order valence-corrected chi connectivity index (χ2v) is 7.45. The van der Waals surface area contributed by atoms with Crippen molar-refractivity contribution in [3.8, 4) is 0 Å². The molecule has 0 unspecified atom stereocenters. The normalized spacial score (nSPS) is 18.2. The highest BCUT2D eigenvalue weighted by Crippen LogP contribution is 2.29. The average Bonchev–Trinajstić information content (AvgIpc) is 3.20. The first-order valence-electron chi connectivity index (χ1n) is 8.59. The third-order valence-corrected chi connectivity index (χ3v) is 5.56. The molecule has 0 saturated carbocycles. The van der Waals surface area contributed by atoms with E-state index in [4.69, 9.17) is 0 Å². The molecule has 0 aliphatic carbocycles. The van der Waals surface area contributed by atoms with Crippen LogP contribution < -0.4 is 10.2 Å². The van der Waals surface area contributed by atoms with E-state index in [0.717, 1.165) is 36.8 Å². The minimum Gasteiger partial charge on any atom is -0.358 e. The van der Waals surface area contributed by atoms with Crippen LogP contribution in [0.15, 0.2) is 41.4 Å². The SMILES string of the molecule is O=C1NC(=O)C(=Cc2ccnc(N3CCc4[nH]c5ccccc5c4C3)n2)S1. The molecule has 4 heterocycles. The summed E-state index contributed by atoms with van der Waals surface area (Å²) in [6.07, 6.45) is 4.20. The lowest BCUT2D eigenvalue weighted by atomic mass is 10.0. The Hall–Kier alpha value is -3.13. The summed E-state index contributed by atoms with van der Waals surface area (Å²) in [5.41, 5.74) is 4.30. The summed E-state index contributed by atoms with van der Waals surface area (Å²) in [6, 6.07) is 10.0. The highest BCUT2D eigenvalue weighted by Gasteiger charge is 2.26. The lowest BCUT2D eigenvalue weighted by Gasteiger charge is -2.27. The average molecular weight is 377 g/mol. The number of fused-ring (bicyclic) bond motifs is 3. The minimum atomic E-state index is -0.383. The monoisotopic (exact) mass is 377 g/mol. The maximum absolute atomic E-state index is 11.7. The number of imide groups is 1. The predicted octanol–water partition coefficient (Wildman–Crippen LogP) is 2.84. The van der Waals surface area contributed by atoms with Crippen LogP contribution in [0.25, 0.3) is 17.0 Å². The zero-order chi connectivity index (χ0) is 18.4. The molecule has 0 radical (unpaired) electrons. The minimum absolute atomic E-state index is 0.349. The largest absolute Gasteiger partial charge is 0.358 e. The quantitative estimate of drug-likeness (QED) is 0.668. The van der Waals surface area contributed by atoms with E-state index < -0.39 is 0 Å². The number of nitrogens with one attached hydrogen (secondary N) is 2. The molecule has 1 saturated heterocycles. The van der Waals surface area contributed by atoms with Gasteiger partial charge in [-0.2, -0.15) is 0 Å². The van der Waals surface area contributed by atoms with Gasteiger partial charge in [0.25, 0.3) is 11.1 Å². The van der Waals surface area contributed by atoms with Gasteiger partial charge < -0.3 is 9.88 Å². The Balaban J connectivity index is 1.45. The molecule has 0 spiro atoms. The van der Waals surface area contributed by atoms with E-state index in [1.54, 1.807) is 18.3 Å². The van der Waals surface area contributed by atoms with Crippen molar-refractivity contribution in [1.29, 1.82) is 0 Å². The van der Waals surface area contributed by atoms with Gasteiger partial charge in [0.05, 0.1) is 10.6 Å². The molecular weight excluding hydrogens is 362 g/mol. The Kier molecular flexibility index (Phi) is 3.71. The van der Waals surface area contributed by atoms with Gasteiger partial charge in [0, 0.05) is 47.9 Å². The van der Waals surface area contributed by atoms with Crippen molar-refractivity contribution in [2.24, 2.45) is 0 Å². The summed E-state index contributed by atoms with van der Waals surface area (Å²) >= 11 is 0.887. The van der Waals surface area contributed by atoms with E-state index in [2.05, 4.69) is 37.3 Å². The molecule has 27 heavy (non-hydrogen) atoms. The van der Waals surface area contributed by atoms with E-state index in [0.29, 0.717) is 16.5 Å². The third kappa shape index (κ3) is 2.87. The number of aromatic nitrogens is 3. The van der Waals surface area contributed by atoms with Gasteiger partial charge in [0.1, 0.15) is 0 Å². The van der Waals surface area contributed by atoms with Crippen molar-refractivity contribution >= 4 is 45.8 Å². The molecule has 2 amide bonds. The number of aromatic amines is 1. The van der Waals surface area contributed by atoms with Gasteiger partial charge in [-0.15, -0.1) is 0 Å². The van der Waals surface area contributed by atoms with E-state index in [-0.39, 0.29) is 11.1 Å². The van der Waals surface area contributed by atoms with Crippen LogP contribution in [0.1, 0.15) is 17.0 Å². The number of thioether (sulfide) groups is 1. The Bertz CT molecular complexity index is 1120. The summed E-state index contributed by atoms with van der Waals surface area (Å²) in [5.74, 6) is 0.238. The molecule has 0 atom stereocenters. The van der Waals surface area contributed by atoms with Crippen LogP contribution in [-0.4, -0.2) is 32.6 Å². The zero-order valence-electron chi connectivity index (χ0n) is 14.2. The molecule has 2 aromatic heterocycles. The number of hydrogen-bond donors (Lipinski definition) is 2. The number of carbonyl (C=O) groups is 2. The standard InChI is InChI=1S/C19H15N5O2S/c25-17-16(27-19(26)23-17)9-11-5-7-20-18(21-11)24-8-6-15-13(10-24)12-3-1-2-4-14(12)22-15/h1-5,7,9,22H,6,8,10H2,(H,23,25,26). The van der Waals surface area contributed by atoms with Gasteiger partial charge in [-0.05, 0) is 30.0 Å². The van der Waals surface area contributed by atoms with Crippen molar-refractivity contribution in [2.45, 2.75) is 13.0 Å². The van der Waals surface area contributed by atoms with E-state index >= 15 is 0 Å². The molecule has 7 nitrogen and oxygen atoms in total. The van der Waals surface area contributed by atoms with Crippen LogP contribution in [0, 0.1) is 0 Å². The summed E-state index contributed by atoms with van der Waals surface area (Å²) in [6.45, 7) is 1.54. The van der Waals surface area contributed by atoms with Crippen LogP contribution in [0.4, 0.5) is 10.7 Å². The fourth-order valence-electron chi connectivity index (χ4n) is 3.49. The maximum atomic E-state index is 11.7. The Morgan fingerprint density at radius 1 is 1.19 bits per heavy atom. The van der Waals surface area contributed by atoms with Crippen molar-refractivity contribution in [3.05, 3.63) is 58.4 Å². The molecule has 8 heteroatoms. The number of amides is 2. The van der Waals surface area contributed by atoms with E-state index in [1.165, 1.54) is 16.6 Å².